The zero-order valence-corrected chi connectivity index (χ0v) is 16.1. The van der Waals surface area contributed by atoms with E-state index in [0.29, 0.717) is 36.0 Å². The molecule has 0 aromatic heterocycles. The lowest BCUT2D eigenvalue weighted by Crippen LogP contribution is -2.18. The summed E-state index contributed by atoms with van der Waals surface area (Å²) in [5, 5.41) is 19.3. The van der Waals surface area contributed by atoms with Gasteiger partial charge in [-0.15, -0.1) is 0 Å². The molecule has 0 spiro atoms. The lowest BCUT2D eigenvalue weighted by atomic mass is 9.74. The van der Waals surface area contributed by atoms with Crippen molar-refractivity contribution in [2.75, 3.05) is 13.9 Å². The van der Waals surface area contributed by atoms with Gasteiger partial charge < -0.3 is 9.47 Å². The zero-order chi connectivity index (χ0) is 21.9. The number of hydrogen-bond donors (Lipinski definition) is 0. The quantitative estimate of drug-likeness (QED) is 0.381. The summed E-state index contributed by atoms with van der Waals surface area (Å²) < 4.78 is 64.5. The van der Waals surface area contributed by atoms with Crippen molar-refractivity contribution in [3.05, 3.63) is 69.0 Å². The van der Waals surface area contributed by atoms with Crippen molar-refractivity contribution in [2.24, 2.45) is 0 Å². The number of ether oxygens (including phenoxy) is 2. The Labute approximate surface area is 171 Å². The van der Waals surface area contributed by atoms with Gasteiger partial charge >= 0.3 is 6.18 Å². The predicted molar refractivity (Wildman–Crippen MR) is 98.7 cm³/mol. The van der Waals surface area contributed by atoms with Crippen LogP contribution < -0.4 is 0 Å². The molecule has 0 heterocycles. The van der Waals surface area contributed by atoms with Gasteiger partial charge in [-0.3, -0.25) is 0 Å². The first-order chi connectivity index (χ1) is 14.3. The van der Waals surface area contributed by atoms with Gasteiger partial charge in [0, 0.05) is 18.6 Å². The van der Waals surface area contributed by atoms with Crippen LogP contribution in [0.4, 0.5) is 17.6 Å². The highest BCUT2D eigenvalue weighted by Crippen LogP contribution is 2.43. The normalized spacial score (nSPS) is 15.9. The SMILES string of the molecule is COCOCc1c(C(F)(F)F)ccc(C2CCCc3cc(F)cc(C#N)c32)c1C#N. The van der Waals surface area contributed by atoms with E-state index in [1.807, 2.05) is 12.1 Å². The van der Waals surface area contributed by atoms with Gasteiger partial charge in [-0.1, -0.05) is 6.07 Å². The maximum Gasteiger partial charge on any atom is 0.416 e. The molecular formula is C22H18F4N2O2. The van der Waals surface area contributed by atoms with E-state index in [0.717, 1.165) is 12.1 Å². The molecule has 0 amide bonds. The summed E-state index contributed by atoms with van der Waals surface area (Å²) in [5.41, 5.74) is 0.379. The third-order valence-corrected chi connectivity index (χ3v) is 5.22. The Morgan fingerprint density at radius 3 is 2.57 bits per heavy atom. The monoisotopic (exact) mass is 418 g/mol. The number of aryl methyl sites for hydroxylation is 1. The minimum Gasteiger partial charge on any atom is -0.359 e. The second-order valence-corrected chi connectivity index (χ2v) is 7.00. The summed E-state index contributed by atoms with van der Waals surface area (Å²) in [6.45, 7) is -0.677. The van der Waals surface area contributed by atoms with Crippen LogP contribution in [-0.2, 0) is 28.7 Å². The summed E-state index contributed by atoms with van der Waals surface area (Å²) in [6, 6.07) is 8.57. The molecule has 8 heteroatoms. The maximum atomic E-state index is 13.9. The Morgan fingerprint density at radius 2 is 1.93 bits per heavy atom. The Hall–Kier alpha value is -2.94. The predicted octanol–water partition coefficient (Wildman–Crippen LogP) is 5.18. The molecule has 156 valence electrons. The topological polar surface area (TPSA) is 66.0 Å². The fraction of sp³-hybridized carbons (Fsp3) is 0.364. The molecule has 3 rings (SSSR count). The van der Waals surface area contributed by atoms with E-state index in [4.69, 9.17) is 9.47 Å². The smallest absolute Gasteiger partial charge is 0.359 e. The van der Waals surface area contributed by atoms with Crippen LogP contribution in [0.1, 0.15) is 57.7 Å². The number of rotatable bonds is 5. The van der Waals surface area contributed by atoms with Crippen molar-refractivity contribution >= 4 is 0 Å². The van der Waals surface area contributed by atoms with E-state index < -0.39 is 30.1 Å². The van der Waals surface area contributed by atoms with E-state index in [1.54, 1.807) is 0 Å². The zero-order valence-electron chi connectivity index (χ0n) is 16.1. The van der Waals surface area contributed by atoms with E-state index in [1.165, 1.54) is 19.2 Å². The highest BCUT2D eigenvalue weighted by molar-refractivity contribution is 5.57. The van der Waals surface area contributed by atoms with E-state index >= 15 is 0 Å². The van der Waals surface area contributed by atoms with Crippen molar-refractivity contribution in [2.45, 2.75) is 38.0 Å². The van der Waals surface area contributed by atoms with Crippen LogP contribution in [-0.4, -0.2) is 13.9 Å². The first-order valence-electron chi connectivity index (χ1n) is 9.24. The number of alkyl halides is 3. The fourth-order valence-electron chi connectivity index (χ4n) is 4.07. The van der Waals surface area contributed by atoms with Gasteiger partial charge in [0.1, 0.15) is 12.6 Å². The Morgan fingerprint density at radius 1 is 1.17 bits per heavy atom. The highest BCUT2D eigenvalue weighted by atomic mass is 19.4. The van der Waals surface area contributed by atoms with Crippen LogP contribution in [0.2, 0.25) is 0 Å². The van der Waals surface area contributed by atoms with E-state index in [2.05, 4.69) is 0 Å². The molecule has 1 aliphatic rings. The number of benzene rings is 2. The summed E-state index contributed by atoms with van der Waals surface area (Å²) in [4.78, 5) is 0. The number of nitrogens with zero attached hydrogens (tertiary/aromatic N) is 2. The summed E-state index contributed by atoms with van der Waals surface area (Å²) in [6.07, 6.45) is -2.91. The molecule has 0 fully saturated rings. The third-order valence-electron chi connectivity index (χ3n) is 5.22. The van der Waals surface area contributed by atoms with Gasteiger partial charge in [0.15, 0.2) is 0 Å². The standard InChI is InChI=1S/C22H18F4N2O2/c1-29-12-30-11-19-18(10-28)16(5-6-20(19)22(24,25)26)17-4-2-3-13-7-15(23)8-14(9-27)21(13)17/h5-8,17H,2-4,11-12H2,1H3. The van der Waals surface area contributed by atoms with Crippen LogP contribution in [0.3, 0.4) is 0 Å². The molecule has 0 saturated carbocycles. The highest BCUT2D eigenvalue weighted by Gasteiger charge is 2.37. The largest absolute Gasteiger partial charge is 0.416 e. The first kappa shape index (κ1) is 21.8. The third kappa shape index (κ3) is 4.16. The average molecular weight is 418 g/mol. The van der Waals surface area contributed by atoms with Crippen LogP contribution >= 0.6 is 0 Å². The molecule has 0 saturated heterocycles. The second-order valence-electron chi connectivity index (χ2n) is 7.00. The van der Waals surface area contributed by atoms with Crippen LogP contribution in [0.15, 0.2) is 24.3 Å². The first-order valence-corrected chi connectivity index (χ1v) is 9.24. The van der Waals surface area contributed by atoms with Gasteiger partial charge in [0.2, 0.25) is 0 Å². The van der Waals surface area contributed by atoms with Crippen molar-refractivity contribution in [3.63, 3.8) is 0 Å². The summed E-state index contributed by atoms with van der Waals surface area (Å²) >= 11 is 0. The van der Waals surface area contributed by atoms with Crippen LogP contribution in [0, 0.1) is 28.5 Å². The lowest BCUT2D eigenvalue weighted by molar-refractivity contribution is -0.139. The van der Waals surface area contributed by atoms with Crippen molar-refractivity contribution in [3.8, 4) is 12.1 Å². The van der Waals surface area contributed by atoms with Gasteiger partial charge in [-0.25, -0.2) is 4.39 Å². The molecular weight excluding hydrogens is 400 g/mol. The van der Waals surface area contributed by atoms with Crippen LogP contribution in [0.25, 0.3) is 0 Å². The second kappa shape index (κ2) is 8.83. The fourth-order valence-corrected chi connectivity index (χ4v) is 4.07. The number of hydrogen-bond acceptors (Lipinski definition) is 4. The number of halogens is 4. The van der Waals surface area contributed by atoms with Crippen molar-refractivity contribution < 1.29 is 27.0 Å². The molecule has 0 bridgehead atoms. The van der Waals surface area contributed by atoms with Crippen molar-refractivity contribution in [1.82, 2.24) is 0 Å². The molecule has 2 aromatic carbocycles. The summed E-state index contributed by atoms with van der Waals surface area (Å²) in [5.74, 6) is -1.02. The Bertz CT molecular complexity index is 1040. The number of fused-ring (bicyclic) bond motifs is 1. The molecule has 0 radical (unpaired) electrons. The van der Waals surface area contributed by atoms with Gasteiger partial charge in [-0.2, -0.15) is 23.7 Å². The molecule has 30 heavy (non-hydrogen) atoms. The molecule has 0 N–H and O–H groups in total. The molecule has 1 atom stereocenters. The van der Waals surface area contributed by atoms with Gasteiger partial charge in [0.05, 0.1) is 35.4 Å². The molecule has 2 aromatic rings. The average Bonchev–Trinajstić information content (AvgIpc) is 2.71. The molecule has 4 nitrogen and oxygen atoms in total. The molecule has 1 aliphatic carbocycles. The van der Waals surface area contributed by atoms with Crippen LogP contribution in [0.5, 0.6) is 0 Å². The van der Waals surface area contributed by atoms with E-state index in [9.17, 15) is 28.1 Å². The summed E-state index contributed by atoms with van der Waals surface area (Å²) in [7, 11) is 1.34. The van der Waals surface area contributed by atoms with E-state index in [-0.39, 0.29) is 23.5 Å². The molecule has 0 aliphatic heterocycles. The Balaban J connectivity index is 2.21. The van der Waals surface area contributed by atoms with Crippen molar-refractivity contribution in [1.29, 1.82) is 10.5 Å². The van der Waals surface area contributed by atoms with Gasteiger partial charge in [-0.05, 0) is 54.2 Å². The minimum atomic E-state index is -4.67. The molecule has 1 unspecified atom stereocenters. The Kier molecular flexibility index (Phi) is 6.40. The minimum absolute atomic E-state index is 0.132. The lowest BCUT2D eigenvalue weighted by Gasteiger charge is -2.29. The number of methoxy groups -OCH3 is 1. The van der Waals surface area contributed by atoms with Gasteiger partial charge in [0.25, 0.3) is 0 Å². The number of nitriles is 2. The maximum absolute atomic E-state index is 13.9.